The van der Waals surface area contributed by atoms with Crippen LogP contribution in [0.3, 0.4) is 0 Å². The van der Waals surface area contributed by atoms with E-state index < -0.39 is 0 Å². The van der Waals surface area contributed by atoms with Gasteiger partial charge in [-0.25, -0.2) is 4.79 Å². The van der Waals surface area contributed by atoms with Crippen LogP contribution in [0.2, 0.25) is 0 Å². The molecule has 1 aliphatic heterocycles. The van der Waals surface area contributed by atoms with Gasteiger partial charge in [-0.3, -0.25) is 4.98 Å². The Kier molecular flexibility index (Phi) is 2.84. The van der Waals surface area contributed by atoms with Crippen LogP contribution in [0.25, 0.3) is 10.9 Å². The summed E-state index contributed by atoms with van der Waals surface area (Å²) in [5.74, 6) is 0. The second-order valence-electron chi connectivity index (χ2n) is 4.50. The average Bonchev–Trinajstić information content (AvgIpc) is 2.42. The van der Waals surface area contributed by atoms with Crippen molar-refractivity contribution < 1.29 is 4.79 Å². The highest BCUT2D eigenvalue weighted by molar-refractivity contribution is 5.82. The Morgan fingerprint density at radius 2 is 2.17 bits per heavy atom. The van der Waals surface area contributed by atoms with Crippen LogP contribution in [-0.4, -0.2) is 29.0 Å². The summed E-state index contributed by atoms with van der Waals surface area (Å²) in [5, 5.41) is 3.98. The molecule has 92 valence electrons. The first kappa shape index (κ1) is 11.0. The fourth-order valence-electron chi connectivity index (χ4n) is 2.33. The fraction of sp³-hybridized carbons (Fsp3) is 0.286. The summed E-state index contributed by atoms with van der Waals surface area (Å²) in [6, 6.07) is 10.1. The first-order chi connectivity index (χ1) is 8.84. The number of aromatic nitrogens is 1. The molecule has 0 aliphatic carbocycles. The predicted octanol–water partition coefficient (Wildman–Crippen LogP) is 2.15. The van der Waals surface area contributed by atoms with Crippen LogP contribution < -0.4 is 5.32 Å². The van der Waals surface area contributed by atoms with Crippen molar-refractivity contribution in [3.63, 3.8) is 0 Å². The van der Waals surface area contributed by atoms with Gasteiger partial charge in [-0.2, -0.15) is 0 Å². The van der Waals surface area contributed by atoms with Crippen LogP contribution in [-0.2, 0) is 6.54 Å². The Labute approximate surface area is 106 Å². The van der Waals surface area contributed by atoms with Gasteiger partial charge in [0.2, 0.25) is 0 Å². The summed E-state index contributed by atoms with van der Waals surface area (Å²) >= 11 is 0. The molecule has 1 saturated heterocycles. The molecule has 18 heavy (non-hydrogen) atoms. The summed E-state index contributed by atoms with van der Waals surface area (Å²) in [6.07, 6.45) is 2.80. The zero-order chi connectivity index (χ0) is 12.4. The molecule has 0 unspecified atom stereocenters. The number of carbonyl (C=O) groups is 1. The Bertz CT molecular complexity index is 577. The summed E-state index contributed by atoms with van der Waals surface area (Å²) in [6.45, 7) is 2.22. The Morgan fingerprint density at radius 1 is 1.28 bits per heavy atom. The topological polar surface area (TPSA) is 45.2 Å². The predicted molar refractivity (Wildman–Crippen MR) is 70.2 cm³/mol. The maximum absolute atomic E-state index is 11.7. The molecule has 1 aromatic carbocycles. The van der Waals surface area contributed by atoms with E-state index in [9.17, 15) is 4.79 Å². The van der Waals surface area contributed by atoms with Crippen molar-refractivity contribution in [1.29, 1.82) is 0 Å². The third kappa shape index (κ3) is 2.01. The molecule has 2 aromatic rings. The molecule has 3 rings (SSSR count). The number of hydrogen-bond donors (Lipinski definition) is 1. The SMILES string of the molecule is O=C1NCCCN1Cc1cccc2cccnc12. The van der Waals surface area contributed by atoms with Gasteiger partial charge in [0.05, 0.1) is 5.52 Å². The van der Waals surface area contributed by atoms with Gasteiger partial charge in [-0.05, 0) is 18.1 Å². The molecular formula is C14H15N3O. The third-order valence-electron chi connectivity index (χ3n) is 3.25. The number of hydrogen-bond acceptors (Lipinski definition) is 2. The summed E-state index contributed by atoms with van der Waals surface area (Å²) in [7, 11) is 0. The van der Waals surface area contributed by atoms with Crippen LogP contribution in [0.15, 0.2) is 36.5 Å². The van der Waals surface area contributed by atoms with Gasteiger partial charge in [0.25, 0.3) is 0 Å². The van der Waals surface area contributed by atoms with E-state index in [0.717, 1.165) is 36.0 Å². The summed E-state index contributed by atoms with van der Waals surface area (Å²) < 4.78 is 0. The lowest BCUT2D eigenvalue weighted by Crippen LogP contribution is -2.45. The average molecular weight is 241 g/mol. The molecule has 1 aromatic heterocycles. The van der Waals surface area contributed by atoms with Crippen molar-refractivity contribution in [1.82, 2.24) is 15.2 Å². The minimum atomic E-state index is 0.0224. The Hall–Kier alpha value is -2.10. The lowest BCUT2D eigenvalue weighted by Gasteiger charge is -2.27. The molecule has 0 radical (unpaired) electrons. The number of fused-ring (bicyclic) bond motifs is 1. The summed E-state index contributed by atoms with van der Waals surface area (Å²) in [4.78, 5) is 18.0. The van der Waals surface area contributed by atoms with E-state index in [2.05, 4.69) is 10.3 Å². The standard InChI is InChI=1S/C14H15N3O/c18-14-16-8-3-9-17(14)10-12-5-1-4-11-6-2-7-15-13(11)12/h1-2,4-7H,3,8-10H2,(H,16,18). The molecule has 0 saturated carbocycles. The van der Waals surface area contributed by atoms with Crippen molar-refractivity contribution in [2.75, 3.05) is 13.1 Å². The van der Waals surface area contributed by atoms with E-state index in [1.165, 1.54) is 0 Å². The molecule has 1 aliphatic rings. The van der Waals surface area contributed by atoms with Gasteiger partial charge in [-0.1, -0.05) is 24.3 Å². The molecule has 1 N–H and O–H groups in total. The van der Waals surface area contributed by atoms with Crippen LogP contribution in [0.4, 0.5) is 4.79 Å². The van der Waals surface area contributed by atoms with Gasteiger partial charge in [0, 0.05) is 31.2 Å². The number of urea groups is 1. The number of nitrogens with one attached hydrogen (secondary N) is 1. The number of nitrogens with zero attached hydrogens (tertiary/aromatic N) is 2. The number of carbonyl (C=O) groups excluding carboxylic acids is 1. The summed E-state index contributed by atoms with van der Waals surface area (Å²) in [5.41, 5.74) is 2.09. The van der Waals surface area contributed by atoms with E-state index in [0.29, 0.717) is 6.54 Å². The normalized spacial score (nSPS) is 15.8. The van der Waals surface area contributed by atoms with Crippen LogP contribution in [0.5, 0.6) is 0 Å². The number of benzene rings is 1. The molecule has 0 atom stereocenters. The molecule has 4 heteroatoms. The lowest BCUT2D eigenvalue weighted by atomic mass is 10.1. The maximum Gasteiger partial charge on any atom is 0.317 e. The van der Waals surface area contributed by atoms with Crippen LogP contribution in [0, 0.1) is 0 Å². The van der Waals surface area contributed by atoms with E-state index in [1.54, 1.807) is 6.20 Å². The van der Waals surface area contributed by atoms with Crippen molar-refractivity contribution in [3.8, 4) is 0 Å². The Balaban J connectivity index is 1.92. The monoisotopic (exact) mass is 241 g/mol. The van der Waals surface area contributed by atoms with E-state index in [-0.39, 0.29) is 6.03 Å². The second-order valence-corrected chi connectivity index (χ2v) is 4.50. The third-order valence-corrected chi connectivity index (χ3v) is 3.25. The second kappa shape index (κ2) is 4.64. The highest BCUT2D eigenvalue weighted by atomic mass is 16.2. The van der Waals surface area contributed by atoms with Crippen LogP contribution >= 0.6 is 0 Å². The quantitative estimate of drug-likeness (QED) is 0.875. The maximum atomic E-state index is 11.7. The smallest absolute Gasteiger partial charge is 0.317 e. The van der Waals surface area contributed by atoms with Crippen molar-refractivity contribution in [2.45, 2.75) is 13.0 Å². The first-order valence-corrected chi connectivity index (χ1v) is 6.20. The molecule has 2 heterocycles. The molecular weight excluding hydrogens is 226 g/mol. The van der Waals surface area contributed by atoms with Gasteiger partial charge in [0.1, 0.15) is 0 Å². The molecule has 1 fully saturated rings. The lowest BCUT2D eigenvalue weighted by molar-refractivity contribution is 0.183. The van der Waals surface area contributed by atoms with Gasteiger partial charge < -0.3 is 10.2 Å². The number of pyridine rings is 1. The fourth-order valence-corrected chi connectivity index (χ4v) is 2.33. The van der Waals surface area contributed by atoms with Gasteiger partial charge >= 0.3 is 6.03 Å². The van der Waals surface area contributed by atoms with Crippen molar-refractivity contribution >= 4 is 16.9 Å². The minimum Gasteiger partial charge on any atom is -0.338 e. The number of rotatable bonds is 2. The minimum absolute atomic E-state index is 0.0224. The van der Waals surface area contributed by atoms with Gasteiger partial charge in [-0.15, -0.1) is 0 Å². The Morgan fingerprint density at radius 3 is 3.06 bits per heavy atom. The zero-order valence-electron chi connectivity index (χ0n) is 10.1. The van der Waals surface area contributed by atoms with E-state index in [1.807, 2.05) is 35.2 Å². The number of para-hydroxylation sites is 1. The van der Waals surface area contributed by atoms with E-state index in [4.69, 9.17) is 0 Å². The van der Waals surface area contributed by atoms with E-state index >= 15 is 0 Å². The van der Waals surface area contributed by atoms with Crippen LogP contribution in [0.1, 0.15) is 12.0 Å². The van der Waals surface area contributed by atoms with Crippen molar-refractivity contribution in [3.05, 3.63) is 42.1 Å². The van der Waals surface area contributed by atoms with Crippen molar-refractivity contribution in [2.24, 2.45) is 0 Å². The molecule has 4 nitrogen and oxygen atoms in total. The largest absolute Gasteiger partial charge is 0.338 e. The highest BCUT2D eigenvalue weighted by Gasteiger charge is 2.18. The molecule has 2 amide bonds. The highest BCUT2D eigenvalue weighted by Crippen LogP contribution is 2.18. The molecule has 0 bridgehead atoms. The first-order valence-electron chi connectivity index (χ1n) is 6.20. The number of amides is 2. The van der Waals surface area contributed by atoms with Gasteiger partial charge in [0.15, 0.2) is 0 Å². The zero-order valence-corrected chi connectivity index (χ0v) is 10.1. The molecule has 0 spiro atoms.